The maximum Gasteiger partial charge on any atom is 0.268 e. The molecule has 1 amide bonds. The van der Waals surface area contributed by atoms with Crippen LogP contribution >= 0.6 is 0 Å². The van der Waals surface area contributed by atoms with Crippen molar-refractivity contribution in [1.82, 2.24) is 10.3 Å². The second kappa shape index (κ2) is 4.12. The fraction of sp³-hybridized carbons (Fsp3) is 0.357. The highest BCUT2D eigenvalue weighted by molar-refractivity contribution is 6.01. The zero-order valence-corrected chi connectivity index (χ0v) is 11.0. The van der Waals surface area contributed by atoms with Gasteiger partial charge in [-0.1, -0.05) is 0 Å². The Morgan fingerprint density at radius 1 is 1.33 bits per heavy atom. The SMILES string of the molecule is Cc1c(C(=O)NC(C)(C)C)[nH]c2cc(F)ccc12. The largest absolute Gasteiger partial charge is 0.350 e. The molecule has 18 heavy (non-hydrogen) atoms. The van der Waals surface area contributed by atoms with Crippen molar-refractivity contribution in [3.05, 3.63) is 35.3 Å². The summed E-state index contributed by atoms with van der Waals surface area (Å²) in [6, 6.07) is 4.48. The number of halogens is 1. The first-order valence-corrected chi connectivity index (χ1v) is 5.88. The fourth-order valence-corrected chi connectivity index (χ4v) is 1.94. The van der Waals surface area contributed by atoms with Crippen molar-refractivity contribution >= 4 is 16.8 Å². The molecular formula is C14H17FN2O. The summed E-state index contributed by atoms with van der Waals surface area (Å²) < 4.78 is 13.1. The lowest BCUT2D eigenvalue weighted by Crippen LogP contribution is -2.40. The minimum absolute atomic E-state index is 0.170. The summed E-state index contributed by atoms with van der Waals surface area (Å²) >= 11 is 0. The molecule has 3 nitrogen and oxygen atoms in total. The molecule has 0 saturated carbocycles. The van der Waals surface area contributed by atoms with Gasteiger partial charge in [-0.2, -0.15) is 0 Å². The Bertz CT molecular complexity index is 608. The van der Waals surface area contributed by atoms with Crippen molar-refractivity contribution in [3.63, 3.8) is 0 Å². The number of hydrogen-bond acceptors (Lipinski definition) is 1. The van der Waals surface area contributed by atoms with E-state index >= 15 is 0 Å². The van der Waals surface area contributed by atoms with Crippen LogP contribution in [0.1, 0.15) is 36.8 Å². The topological polar surface area (TPSA) is 44.9 Å². The monoisotopic (exact) mass is 248 g/mol. The highest BCUT2D eigenvalue weighted by Gasteiger charge is 2.19. The van der Waals surface area contributed by atoms with Crippen molar-refractivity contribution in [2.45, 2.75) is 33.2 Å². The van der Waals surface area contributed by atoms with E-state index < -0.39 is 0 Å². The van der Waals surface area contributed by atoms with Crippen molar-refractivity contribution in [2.75, 3.05) is 0 Å². The van der Waals surface area contributed by atoms with Gasteiger partial charge < -0.3 is 10.3 Å². The van der Waals surface area contributed by atoms with Crippen molar-refractivity contribution < 1.29 is 9.18 Å². The molecule has 1 aromatic heterocycles. The number of aryl methyl sites for hydroxylation is 1. The third kappa shape index (κ3) is 2.37. The van der Waals surface area contributed by atoms with Gasteiger partial charge in [0.15, 0.2) is 0 Å². The molecule has 96 valence electrons. The number of nitrogens with one attached hydrogen (secondary N) is 2. The normalized spacial score (nSPS) is 11.8. The summed E-state index contributed by atoms with van der Waals surface area (Å²) in [6.07, 6.45) is 0. The van der Waals surface area contributed by atoms with E-state index in [9.17, 15) is 9.18 Å². The van der Waals surface area contributed by atoms with Gasteiger partial charge in [0, 0.05) is 16.4 Å². The summed E-state index contributed by atoms with van der Waals surface area (Å²) in [5.74, 6) is -0.483. The average molecular weight is 248 g/mol. The molecule has 0 unspecified atom stereocenters. The number of aromatic nitrogens is 1. The lowest BCUT2D eigenvalue weighted by atomic mass is 10.1. The van der Waals surface area contributed by atoms with Crippen LogP contribution in [0.4, 0.5) is 4.39 Å². The van der Waals surface area contributed by atoms with Crippen LogP contribution in [-0.4, -0.2) is 16.4 Å². The first-order chi connectivity index (χ1) is 8.28. The second-order valence-corrected chi connectivity index (χ2v) is 5.52. The lowest BCUT2D eigenvalue weighted by Gasteiger charge is -2.20. The molecule has 0 fully saturated rings. The maximum atomic E-state index is 13.1. The summed E-state index contributed by atoms with van der Waals surface area (Å²) in [7, 11) is 0. The predicted octanol–water partition coefficient (Wildman–Crippen LogP) is 3.14. The van der Waals surface area contributed by atoms with E-state index in [2.05, 4.69) is 10.3 Å². The van der Waals surface area contributed by atoms with E-state index in [0.717, 1.165) is 10.9 Å². The summed E-state index contributed by atoms with van der Waals surface area (Å²) in [4.78, 5) is 15.1. The average Bonchev–Trinajstić information content (AvgIpc) is 2.53. The van der Waals surface area contributed by atoms with Gasteiger partial charge in [-0.25, -0.2) is 4.39 Å². The van der Waals surface area contributed by atoms with Crippen LogP contribution < -0.4 is 5.32 Å². The minimum atomic E-state index is -0.313. The number of H-pyrrole nitrogens is 1. The zero-order chi connectivity index (χ0) is 13.5. The molecule has 0 spiro atoms. The number of carbonyl (C=O) groups is 1. The molecule has 0 bridgehead atoms. The molecule has 4 heteroatoms. The van der Waals surface area contributed by atoms with Crippen LogP contribution in [0.5, 0.6) is 0 Å². The predicted molar refractivity (Wildman–Crippen MR) is 70.2 cm³/mol. The van der Waals surface area contributed by atoms with Crippen LogP contribution in [0, 0.1) is 12.7 Å². The van der Waals surface area contributed by atoms with Crippen molar-refractivity contribution in [3.8, 4) is 0 Å². The third-order valence-electron chi connectivity index (χ3n) is 2.74. The Hall–Kier alpha value is -1.84. The van der Waals surface area contributed by atoms with E-state index in [1.807, 2.05) is 27.7 Å². The van der Waals surface area contributed by atoms with Gasteiger partial charge in [0.2, 0.25) is 0 Å². The number of amides is 1. The smallest absolute Gasteiger partial charge is 0.268 e. The number of fused-ring (bicyclic) bond motifs is 1. The summed E-state index contributed by atoms with van der Waals surface area (Å²) in [5.41, 5.74) is 1.68. The molecule has 2 N–H and O–H groups in total. The maximum absolute atomic E-state index is 13.1. The molecule has 0 saturated heterocycles. The Labute approximate surface area is 105 Å². The second-order valence-electron chi connectivity index (χ2n) is 5.52. The molecule has 2 rings (SSSR count). The highest BCUT2D eigenvalue weighted by Crippen LogP contribution is 2.22. The number of carbonyl (C=O) groups excluding carboxylic acids is 1. The Kier molecular flexibility index (Phi) is 2.89. The van der Waals surface area contributed by atoms with E-state index in [-0.39, 0.29) is 17.3 Å². The molecule has 0 atom stereocenters. The molecule has 1 aromatic carbocycles. The lowest BCUT2D eigenvalue weighted by molar-refractivity contribution is 0.0914. The van der Waals surface area contributed by atoms with Crippen LogP contribution in [0.3, 0.4) is 0 Å². The molecule has 1 heterocycles. The van der Waals surface area contributed by atoms with Crippen LogP contribution in [0.2, 0.25) is 0 Å². The van der Waals surface area contributed by atoms with Crippen molar-refractivity contribution in [2.24, 2.45) is 0 Å². The number of aromatic amines is 1. The number of benzene rings is 1. The first-order valence-electron chi connectivity index (χ1n) is 5.88. The van der Waals surface area contributed by atoms with Crippen molar-refractivity contribution in [1.29, 1.82) is 0 Å². The fourth-order valence-electron chi connectivity index (χ4n) is 1.94. The molecule has 0 aliphatic carbocycles. The highest BCUT2D eigenvalue weighted by atomic mass is 19.1. The van der Waals surface area contributed by atoms with E-state index in [1.165, 1.54) is 12.1 Å². The first kappa shape index (κ1) is 12.6. The quantitative estimate of drug-likeness (QED) is 0.800. The van der Waals surface area contributed by atoms with Gasteiger partial charge in [0.1, 0.15) is 11.5 Å². The van der Waals surface area contributed by atoms with Gasteiger partial charge in [0.25, 0.3) is 5.91 Å². The van der Waals surface area contributed by atoms with Gasteiger partial charge >= 0.3 is 0 Å². The Morgan fingerprint density at radius 2 is 2.00 bits per heavy atom. The van der Waals surface area contributed by atoms with E-state index in [4.69, 9.17) is 0 Å². The summed E-state index contributed by atoms with van der Waals surface area (Å²) in [5, 5.41) is 3.76. The Morgan fingerprint density at radius 3 is 2.61 bits per heavy atom. The number of rotatable bonds is 1. The van der Waals surface area contributed by atoms with Gasteiger partial charge in [-0.15, -0.1) is 0 Å². The molecule has 0 aliphatic heterocycles. The van der Waals surface area contributed by atoms with E-state index in [1.54, 1.807) is 6.07 Å². The zero-order valence-electron chi connectivity index (χ0n) is 11.0. The van der Waals surface area contributed by atoms with Gasteiger partial charge in [-0.3, -0.25) is 4.79 Å². The van der Waals surface area contributed by atoms with E-state index in [0.29, 0.717) is 11.2 Å². The number of hydrogen-bond donors (Lipinski definition) is 2. The van der Waals surface area contributed by atoms with Gasteiger partial charge in [0.05, 0.1) is 0 Å². The minimum Gasteiger partial charge on any atom is -0.350 e. The third-order valence-corrected chi connectivity index (χ3v) is 2.74. The van der Waals surface area contributed by atoms with Crippen LogP contribution in [0.25, 0.3) is 10.9 Å². The van der Waals surface area contributed by atoms with Gasteiger partial charge in [-0.05, 0) is 51.5 Å². The van der Waals surface area contributed by atoms with Crippen LogP contribution in [-0.2, 0) is 0 Å². The van der Waals surface area contributed by atoms with Crippen LogP contribution in [0.15, 0.2) is 18.2 Å². The molecule has 0 radical (unpaired) electrons. The summed E-state index contributed by atoms with van der Waals surface area (Å²) in [6.45, 7) is 7.61. The standard InChI is InChI=1S/C14H17FN2O/c1-8-10-6-5-9(15)7-11(10)16-12(8)13(18)17-14(2,3)4/h5-7,16H,1-4H3,(H,17,18). The molecular weight excluding hydrogens is 231 g/mol. The Balaban J connectivity index is 2.46. The molecule has 2 aromatic rings. The molecule has 0 aliphatic rings.